The van der Waals surface area contributed by atoms with Crippen LogP contribution in [0.3, 0.4) is 0 Å². The standard InChI is InChI=1S/C15H21N3O5S/c1-3-7-16-14(19)15(20)17-12-10-11(5-6-13(12)23-2)18-8-4-9-24(18,21)22/h5-6,10H,3-4,7-9H2,1-2H3,(H,16,19)(H,17,20). The summed E-state index contributed by atoms with van der Waals surface area (Å²) < 4.78 is 30.5. The van der Waals surface area contributed by atoms with Gasteiger partial charge in [-0.3, -0.25) is 13.9 Å². The first-order valence-electron chi connectivity index (χ1n) is 7.66. The highest BCUT2D eigenvalue weighted by atomic mass is 32.2. The smallest absolute Gasteiger partial charge is 0.313 e. The van der Waals surface area contributed by atoms with Gasteiger partial charge in [0.1, 0.15) is 5.75 Å². The topological polar surface area (TPSA) is 105 Å². The average molecular weight is 355 g/mol. The Labute approximate surface area is 141 Å². The number of methoxy groups -OCH3 is 1. The average Bonchev–Trinajstić information content (AvgIpc) is 2.91. The summed E-state index contributed by atoms with van der Waals surface area (Å²) in [6.45, 7) is 2.66. The van der Waals surface area contributed by atoms with Crippen molar-refractivity contribution in [2.45, 2.75) is 19.8 Å². The van der Waals surface area contributed by atoms with Gasteiger partial charge in [-0.15, -0.1) is 0 Å². The molecule has 1 fully saturated rings. The second kappa shape index (κ2) is 7.52. The molecule has 9 heteroatoms. The molecule has 0 saturated carbocycles. The third-order valence-electron chi connectivity index (χ3n) is 3.56. The van der Waals surface area contributed by atoms with E-state index in [9.17, 15) is 18.0 Å². The number of hydrogen-bond donors (Lipinski definition) is 2. The fourth-order valence-corrected chi connectivity index (χ4v) is 3.93. The molecule has 2 amide bonds. The van der Waals surface area contributed by atoms with Crippen molar-refractivity contribution in [3.63, 3.8) is 0 Å². The molecule has 0 atom stereocenters. The van der Waals surface area contributed by atoms with Crippen LogP contribution in [0, 0.1) is 0 Å². The Balaban J connectivity index is 2.23. The summed E-state index contributed by atoms with van der Waals surface area (Å²) in [5.74, 6) is -1.14. The monoisotopic (exact) mass is 355 g/mol. The number of carbonyl (C=O) groups excluding carboxylic acids is 2. The molecule has 0 unspecified atom stereocenters. The number of ether oxygens (including phenoxy) is 1. The maximum Gasteiger partial charge on any atom is 0.313 e. The van der Waals surface area contributed by atoms with E-state index in [1.165, 1.54) is 17.5 Å². The SMILES string of the molecule is CCCNC(=O)C(=O)Nc1cc(N2CCCS2(=O)=O)ccc1OC. The third kappa shape index (κ3) is 3.97. The Bertz CT molecular complexity index is 733. The summed E-state index contributed by atoms with van der Waals surface area (Å²) in [5.41, 5.74) is 0.673. The zero-order valence-corrected chi connectivity index (χ0v) is 14.5. The van der Waals surface area contributed by atoms with Crippen LogP contribution in [0.1, 0.15) is 19.8 Å². The predicted octanol–water partition coefficient (Wildman–Crippen LogP) is 0.700. The summed E-state index contributed by atoms with van der Waals surface area (Å²) in [6, 6.07) is 4.66. The highest BCUT2D eigenvalue weighted by Crippen LogP contribution is 2.32. The van der Waals surface area contributed by atoms with Crippen LogP contribution in [-0.2, 0) is 19.6 Å². The Morgan fingerprint density at radius 1 is 1.29 bits per heavy atom. The van der Waals surface area contributed by atoms with Crippen LogP contribution in [0.15, 0.2) is 18.2 Å². The van der Waals surface area contributed by atoms with Crippen LogP contribution in [-0.4, -0.2) is 46.2 Å². The molecule has 24 heavy (non-hydrogen) atoms. The lowest BCUT2D eigenvalue weighted by Crippen LogP contribution is -2.35. The summed E-state index contributed by atoms with van der Waals surface area (Å²) in [7, 11) is -1.91. The van der Waals surface area contributed by atoms with E-state index >= 15 is 0 Å². The summed E-state index contributed by atoms with van der Waals surface area (Å²) in [6.07, 6.45) is 1.26. The van der Waals surface area contributed by atoms with Crippen LogP contribution < -0.4 is 19.7 Å². The van der Waals surface area contributed by atoms with Crippen molar-refractivity contribution in [3.8, 4) is 5.75 Å². The fourth-order valence-electron chi connectivity index (χ4n) is 2.38. The zero-order chi connectivity index (χ0) is 17.7. The van der Waals surface area contributed by atoms with Gasteiger partial charge in [0, 0.05) is 13.1 Å². The quantitative estimate of drug-likeness (QED) is 0.757. The number of hydrogen-bond acceptors (Lipinski definition) is 5. The zero-order valence-electron chi connectivity index (χ0n) is 13.7. The van der Waals surface area contributed by atoms with Gasteiger partial charge in [0.25, 0.3) is 0 Å². The Kier molecular flexibility index (Phi) is 5.66. The van der Waals surface area contributed by atoms with Gasteiger partial charge in [-0.25, -0.2) is 8.42 Å². The van der Waals surface area contributed by atoms with Crippen molar-refractivity contribution >= 4 is 33.2 Å². The predicted molar refractivity (Wildman–Crippen MR) is 90.7 cm³/mol. The minimum Gasteiger partial charge on any atom is -0.495 e. The molecular weight excluding hydrogens is 334 g/mol. The molecule has 0 radical (unpaired) electrons. The molecule has 1 heterocycles. The summed E-state index contributed by atoms with van der Waals surface area (Å²) in [5, 5.41) is 4.94. The lowest BCUT2D eigenvalue weighted by atomic mass is 10.2. The van der Waals surface area contributed by atoms with E-state index in [1.807, 2.05) is 6.92 Å². The van der Waals surface area contributed by atoms with E-state index < -0.39 is 21.8 Å². The normalized spacial score (nSPS) is 15.8. The summed E-state index contributed by atoms with van der Waals surface area (Å²) in [4.78, 5) is 23.6. The Morgan fingerprint density at radius 2 is 2.04 bits per heavy atom. The molecule has 0 aromatic heterocycles. The largest absolute Gasteiger partial charge is 0.495 e. The number of nitrogens with one attached hydrogen (secondary N) is 2. The van der Waals surface area contributed by atoms with Crippen LogP contribution in [0.5, 0.6) is 5.75 Å². The fraction of sp³-hybridized carbons (Fsp3) is 0.467. The number of amides is 2. The minimum atomic E-state index is -3.33. The number of carbonyl (C=O) groups is 2. The molecule has 0 bridgehead atoms. The highest BCUT2D eigenvalue weighted by molar-refractivity contribution is 7.93. The Hall–Kier alpha value is -2.29. The van der Waals surface area contributed by atoms with Crippen LogP contribution >= 0.6 is 0 Å². The molecule has 2 rings (SSSR count). The van der Waals surface area contributed by atoms with Gasteiger partial charge < -0.3 is 15.4 Å². The first-order valence-corrected chi connectivity index (χ1v) is 9.27. The van der Waals surface area contributed by atoms with Gasteiger partial charge >= 0.3 is 11.8 Å². The van der Waals surface area contributed by atoms with Crippen molar-refractivity contribution in [2.75, 3.05) is 35.6 Å². The van der Waals surface area contributed by atoms with E-state index in [-0.39, 0.29) is 11.4 Å². The number of benzene rings is 1. The first kappa shape index (κ1) is 18.1. The molecule has 1 aromatic rings. The van der Waals surface area contributed by atoms with E-state index in [0.717, 1.165) is 0 Å². The molecule has 132 valence electrons. The van der Waals surface area contributed by atoms with Crippen LogP contribution in [0.4, 0.5) is 11.4 Å². The minimum absolute atomic E-state index is 0.0974. The van der Waals surface area contributed by atoms with Gasteiger partial charge in [0.15, 0.2) is 0 Å². The van der Waals surface area contributed by atoms with E-state index in [2.05, 4.69) is 10.6 Å². The van der Waals surface area contributed by atoms with Crippen molar-refractivity contribution in [1.82, 2.24) is 5.32 Å². The van der Waals surface area contributed by atoms with Crippen molar-refractivity contribution < 1.29 is 22.7 Å². The molecule has 1 aliphatic rings. The van der Waals surface area contributed by atoms with E-state index in [4.69, 9.17) is 4.74 Å². The second-order valence-electron chi connectivity index (χ2n) is 5.34. The molecule has 1 saturated heterocycles. The summed E-state index contributed by atoms with van der Waals surface area (Å²) >= 11 is 0. The molecule has 1 aromatic carbocycles. The van der Waals surface area contributed by atoms with Gasteiger partial charge in [0.2, 0.25) is 10.0 Å². The van der Waals surface area contributed by atoms with Gasteiger partial charge in [-0.1, -0.05) is 6.92 Å². The molecule has 1 aliphatic heterocycles. The second-order valence-corrected chi connectivity index (χ2v) is 7.35. The molecular formula is C15H21N3O5S. The number of anilines is 2. The van der Waals surface area contributed by atoms with Crippen LogP contribution in [0.2, 0.25) is 0 Å². The molecule has 2 N–H and O–H groups in total. The number of nitrogens with zero attached hydrogens (tertiary/aromatic N) is 1. The first-order chi connectivity index (χ1) is 11.4. The van der Waals surface area contributed by atoms with E-state index in [1.54, 1.807) is 12.1 Å². The maximum absolute atomic E-state index is 12.0. The van der Waals surface area contributed by atoms with Crippen LogP contribution in [0.25, 0.3) is 0 Å². The lowest BCUT2D eigenvalue weighted by Gasteiger charge is -2.19. The van der Waals surface area contributed by atoms with E-state index in [0.29, 0.717) is 37.4 Å². The van der Waals surface area contributed by atoms with Gasteiger partial charge in [-0.2, -0.15) is 0 Å². The number of rotatable bonds is 5. The maximum atomic E-state index is 12.0. The highest BCUT2D eigenvalue weighted by Gasteiger charge is 2.29. The van der Waals surface area contributed by atoms with Gasteiger partial charge in [0.05, 0.1) is 24.2 Å². The van der Waals surface area contributed by atoms with Crippen molar-refractivity contribution in [1.29, 1.82) is 0 Å². The number of sulfonamides is 1. The molecule has 8 nitrogen and oxygen atoms in total. The van der Waals surface area contributed by atoms with Crippen molar-refractivity contribution in [2.24, 2.45) is 0 Å². The lowest BCUT2D eigenvalue weighted by molar-refractivity contribution is -0.136. The van der Waals surface area contributed by atoms with Crippen molar-refractivity contribution in [3.05, 3.63) is 18.2 Å². The molecule has 0 aliphatic carbocycles. The Morgan fingerprint density at radius 3 is 2.62 bits per heavy atom. The third-order valence-corrected chi connectivity index (χ3v) is 5.43. The van der Waals surface area contributed by atoms with Gasteiger partial charge in [-0.05, 0) is 31.0 Å². The molecule has 0 spiro atoms.